The average molecular weight is 191 g/mol. The van der Waals surface area contributed by atoms with Crippen LogP contribution in [0.25, 0.3) is 5.82 Å². The Balaban J connectivity index is 2.48. The fraction of sp³-hybridized carbons (Fsp3) is 0.125. The van der Waals surface area contributed by atoms with Crippen molar-refractivity contribution in [1.82, 2.24) is 19.5 Å². The molecule has 72 valence electrons. The van der Waals surface area contributed by atoms with Crippen LogP contribution in [0.1, 0.15) is 0 Å². The van der Waals surface area contributed by atoms with E-state index in [9.17, 15) is 0 Å². The number of hydrogen-bond donors (Lipinski definition) is 1. The minimum atomic E-state index is 0.174. The molecule has 0 fully saturated rings. The summed E-state index contributed by atoms with van der Waals surface area (Å²) in [5, 5.41) is 0. The second-order valence-corrected chi connectivity index (χ2v) is 2.60. The van der Waals surface area contributed by atoms with Gasteiger partial charge < -0.3 is 10.5 Å². The molecule has 2 aromatic rings. The fourth-order valence-corrected chi connectivity index (χ4v) is 1.06. The van der Waals surface area contributed by atoms with Crippen LogP contribution in [-0.2, 0) is 0 Å². The second kappa shape index (κ2) is 3.33. The van der Waals surface area contributed by atoms with Gasteiger partial charge in [-0.2, -0.15) is 9.97 Å². The molecule has 0 aromatic carbocycles. The minimum absolute atomic E-state index is 0.174. The van der Waals surface area contributed by atoms with Crippen LogP contribution >= 0.6 is 0 Å². The first-order chi connectivity index (χ1) is 6.79. The predicted molar refractivity (Wildman–Crippen MR) is 50.1 cm³/mol. The lowest BCUT2D eigenvalue weighted by atomic mass is 10.5. The summed E-state index contributed by atoms with van der Waals surface area (Å²) in [6, 6.07) is 1.68. The number of nitrogens with zero attached hydrogens (tertiary/aromatic N) is 4. The maximum absolute atomic E-state index is 5.51. The van der Waals surface area contributed by atoms with Gasteiger partial charge >= 0.3 is 0 Å². The third-order valence-corrected chi connectivity index (χ3v) is 1.68. The number of ether oxygens (including phenoxy) is 1. The lowest BCUT2D eigenvalue weighted by molar-refractivity contribution is 0.397. The third kappa shape index (κ3) is 1.49. The molecule has 0 aliphatic heterocycles. The number of rotatable bonds is 2. The van der Waals surface area contributed by atoms with Gasteiger partial charge in [0, 0.05) is 18.5 Å². The number of imidazole rings is 1. The Morgan fingerprint density at radius 2 is 2.29 bits per heavy atom. The van der Waals surface area contributed by atoms with E-state index in [2.05, 4.69) is 15.0 Å². The summed E-state index contributed by atoms with van der Waals surface area (Å²) in [5.41, 5.74) is 5.51. The molecule has 0 radical (unpaired) electrons. The van der Waals surface area contributed by atoms with Crippen molar-refractivity contribution in [3.05, 3.63) is 24.8 Å². The van der Waals surface area contributed by atoms with E-state index in [1.165, 1.54) is 7.11 Å². The first-order valence-corrected chi connectivity index (χ1v) is 3.96. The number of aromatic nitrogens is 4. The van der Waals surface area contributed by atoms with Gasteiger partial charge in [-0.05, 0) is 0 Å². The van der Waals surface area contributed by atoms with Crippen LogP contribution in [0.2, 0.25) is 0 Å². The molecule has 0 atom stereocenters. The van der Waals surface area contributed by atoms with Crippen LogP contribution in [-0.4, -0.2) is 26.6 Å². The highest BCUT2D eigenvalue weighted by atomic mass is 16.5. The van der Waals surface area contributed by atoms with Crippen molar-refractivity contribution in [3.8, 4) is 11.7 Å². The molecule has 2 rings (SSSR count). The van der Waals surface area contributed by atoms with E-state index >= 15 is 0 Å². The zero-order valence-corrected chi connectivity index (χ0v) is 7.58. The number of anilines is 1. The maximum atomic E-state index is 5.51. The van der Waals surface area contributed by atoms with E-state index in [0.29, 0.717) is 11.7 Å². The number of hydrogen-bond acceptors (Lipinski definition) is 5. The summed E-state index contributed by atoms with van der Waals surface area (Å²) >= 11 is 0. The van der Waals surface area contributed by atoms with Gasteiger partial charge in [0.25, 0.3) is 0 Å². The second-order valence-electron chi connectivity index (χ2n) is 2.60. The van der Waals surface area contributed by atoms with Gasteiger partial charge in [0.15, 0.2) is 0 Å². The van der Waals surface area contributed by atoms with Crippen LogP contribution in [0.5, 0.6) is 5.88 Å². The zero-order chi connectivity index (χ0) is 9.97. The van der Waals surface area contributed by atoms with E-state index in [-0.39, 0.29) is 5.95 Å². The van der Waals surface area contributed by atoms with Crippen LogP contribution in [0, 0.1) is 0 Å². The lowest BCUT2D eigenvalue weighted by Gasteiger charge is -2.04. The summed E-state index contributed by atoms with van der Waals surface area (Å²) in [5.74, 6) is 1.24. The summed E-state index contributed by atoms with van der Waals surface area (Å²) in [6.45, 7) is 0. The van der Waals surface area contributed by atoms with E-state index in [1.807, 2.05) is 0 Å². The summed E-state index contributed by atoms with van der Waals surface area (Å²) < 4.78 is 6.69. The van der Waals surface area contributed by atoms with Crippen molar-refractivity contribution in [2.24, 2.45) is 0 Å². The third-order valence-electron chi connectivity index (χ3n) is 1.68. The molecular formula is C8H9N5O. The molecule has 2 aromatic heterocycles. The quantitative estimate of drug-likeness (QED) is 0.736. The molecule has 14 heavy (non-hydrogen) atoms. The Labute approximate surface area is 80.4 Å². The monoisotopic (exact) mass is 191 g/mol. The van der Waals surface area contributed by atoms with E-state index in [4.69, 9.17) is 10.5 Å². The van der Waals surface area contributed by atoms with Crippen molar-refractivity contribution in [2.45, 2.75) is 0 Å². The molecule has 2 heterocycles. The van der Waals surface area contributed by atoms with Gasteiger partial charge in [-0.15, -0.1) is 0 Å². The Bertz CT molecular complexity index is 425. The summed E-state index contributed by atoms with van der Waals surface area (Å²) in [4.78, 5) is 11.8. The Morgan fingerprint density at radius 1 is 1.43 bits per heavy atom. The molecule has 0 aliphatic rings. The summed E-state index contributed by atoms with van der Waals surface area (Å²) in [7, 11) is 1.53. The molecule has 0 bridgehead atoms. The fourth-order valence-electron chi connectivity index (χ4n) is 1.06. The van der Waals surface area contributed by atoms with Crippen LogP contribution < -0.4 is 10.5 Å². The molecule has 0 unspecified atom stereocenters. The van der Waals surface area contributed by atoms with Gasteiger partial charge in [-0.25, -0.2) is 4.98 Å². The predicted octanol–water partition coefficient (Wildman–Crippen LogP) is 0.253. The molecule has 0 amide bonds. The highest BCUT2D eigenvalue weighted by Gasteiger charge is 2.03. The van der Waals surface area contributed by atoms with Gasteiger partial charge in [0.2, 0.25) is 11.8 Å². The summed E-state index contributed by atoms with van der Waals surface area (Å²) in [6.07, 6.45) is 5.05. The van der Waals surface area contributed by atoms with Crippen molar-refractivity contribution in [3.63, 3.8) is 0 Å². The zero-order valence-electron chi connectivity index (χ0n) is 7.58. The molecule has 0 saturated carbocycles. The molecule has 2 N–H and O–H groups in total. The molecule has 0 saturated heterocycles. The number of nitrogens with two attached hydrogens (primary N) is 1. The number of nitrogen functional groups attached to an aromatic ring is 1. The smallest absolute Gasteiger partial charge is 0.225 e. The van der Waals surface area contributed by atoms with Gasteiger partial charge in [0.05, 0.1) is 7.11 Å². The average Bonchev–Trinajstić information content (AvgIpc) is 2.69. The highest BCUT2D eigenvalue weighted by Crippen LogP contribution is 2.12. The molecule has 0 aliphatic carbocycles. The molecular weight excluding hydrogens is 182 g/mol. The van der Waals surface area contributed by atoms with Gasteiger partial charge in [0.1, 0.15) is 12.1 Å². The number of methoxy groups -OCH3 is 1. The van der Waals surface area contributed by atoms with E-state index in [0.717, 1.165) is 0 Å². The maximum Gasteiger partial charge on any atom is 0.225 e. The Kier molecular flexibility index (Phi) is 2.02. The molecule has 6 heteroatoms. The van der Waals surface area contributed by atoms with Crippen molar-refractivity contribution in [1.29, 1.82) is 0 Å². The first kappa shape index (κ1) is 8.49. The molecule has 6 nitrogen and oxygen atoms in total. The van der Waals surface area contributed by atoms with E-state index < -0.39 is 0 Å². The Morgan fingerprint density at radius 3 is 2.93 bits per heavy atom. The molecule has 0 spiro atoms. The minimum Gasteiger partial charge on any atom is -0.481 e. The topological polar surface area (TPSA) is 78.8 Å². The highest BCUT2D eigenvalue weighted by molar-refractivity contribution is 5.34. The van der Waals surface area contributed by atoms with Gasteiger partial charge in [-0.3, -0.25) is 4.57 Å². The van der Waals surface area contributed by atoms with E-state index in [1.54, 1.807) is 29.4 Å². The van der Waals surface area contributed by atoms with Crippen LogP contribution in [0.3, 0.4) is 0 Å². The van der Waals surface area contributed by atoms with Gasteiger partial charge in [-0.1, -0.05) is 0 Å². The normalized spacial score (nSPS) is 10.1. The Hall–Kier alpha value is -2.11. The largest absolute Gasteiger partial charge is 0.481 e. The van der Waals surface area contributed by atoms with Crippen molar-refractivity contribution in [2.75, 3.05) is 12.8 Å². The van der Waals surface area contributed by atoms with Crippen molar-refractivity contribution < 1.29 is 4.74 Å². The van der Waals surface area contributed by atoms with Crippen LogP contribution in [0.15, 0.2) is 24.8 Å². The SMILES string of the molecule is COc1cc(-n2ccnc2)nc(N)n1. The standard InChI is InChI=1S/C8H9N5O/c1-14-7-4-6(11-8(9)12-7)13-3-2-10-5-13/h2-5H,1H3,(H2,9,11,12). The lowest BCUT2D eigenvalue weighted by Crippen LogP contribution is -2.02. The van der Waals surface area contributed by atoms with Crippen LogP contribution in [0.4, 0.5) is 5.95 Å². The first-order valence-electron chi connectivity index (χ1n) is 3.96. The van der Waals surface area contributed by atoms with Crippen molar-refractivity contribution >= 4 is 5.95 Å².